The predicted molar refractivity (Wildman–Crippen MR) is 125 cm³/mol. The van der Waals surface area contributed by atoms with Crippen molar-refractivity contribution in [3.8, 4) is 11.4 Å². The summed E-state index contributed by atoms with van der Waals surface area (Å²) in [5.74, 6) is 0.476. The summed E-state index contributed by atoms with van der Waals surface area (Å²) in [7, 11) is 0. The number of aromatic nitrogens is 3. The second kappa shape index (κ2) is 9.11. The summed E-state index contributed by atoms with van der Waals surface area (Å²) >= 11 is 0. The molecule has 0 aliphatic carbocycles. The van der Waals surface area contributed by atoms with Gasteiger partial charge >= 0.3 is 5.97 Å². The van der Waals surface area contributed by atoms with Gasteiger partial charge in [-0.15, -0.1) is 0 Å². The zero-order chi connectivity index (χ0) is 22.7. The maximum absolute atomic E-state index is 11.0. The fourth-order valence-corrected chi connectivity index (χ4v) is 3.70. The monoisotopic (exact) mass is 427 g/mol. The molecule has 5 N–H and O–H groups in total. The third-order valence-corrected chi connectivity index (χ3v) is 5.52. The quantitative estimate of drug-likeness (QED) is 0.411. The summed E-state index contributed by atoms with van der Waals surface area (Å²) in [6.45, 7) is 2.14. The minimum atomic E-state index is -1.02. The van der Waals surface area contributed by atoms with Crippen molar-refractivity contribution < 1.29 is 9.90 Å². The van der Waals surface area contributed by atoms with Gasteiger partial charge in [0.1, 0.15) is 11.9 Å². The van der Waals surface area contributed by atoms with Crippen molar-refractivity contribution in [2.75, 3.05) is 5.73 Å². The van der Waals surface area contributed by atoms with E-state index >= 15 is 0 Å². The minimum absolute atomic E-state index is 0.174. The standard InChI is InChI=1S/C25H25N5O2/c1-15(19-11-10-17-4-2-3-5-20(17)14-19)12-22-28-23(30-25(27)29-22)18-8-6-16(7-9-18)13-21(26)24(31)32/h2-11,14-15,21H,12-13,26H2,1H3,(H,31,32)(H2,27,28,29,30)/t15-,21-/m0/s1. The molecule has 0 fully saturated rings. The van der Waals surface area contributed by atoms with Crippen LogP contribution in [0.2, 0.25) is 0 Å². The fourth-order valence-electron chi connectivity index (χ4n) is 3.70. The highest BCUT2D eigenvalue weighted by molar-refractivity contribution is 5.83. The van der Waals surface area contributed by atoms with Crippen LogP contribution >= 0.6 is 0 Å². The van der Waals surface area contributed by atoms with E-state index in [0.717, 1.165) is 11.1 Å². The number of nitrogen functional groups attached to an aromatic ring is 1. The molecule has 0 amide bonds. The SMILES string of the molecule is C[C@@H](Cc1nc(N)nc(-c2ccc(C[C@H](N)C(=O)O)cc2)n1)c1ccc2ccccc2c1. The Morgan fingerprint density at radius 3 is 2.38 bits per heavy atom. The van der Waals surface area contributed by atoms with E-state index in [1.807, 2.05) is 36.4 Å². The van der Waals surface area contributed by atoms with Crippen molar-refractivity contribution in [2.45, 2.75) is 31.7 Å². The number of nitrogens with zero attached hydrogens (tertiary/aromatic N) is 3. The lowest BCUT2D eigenvalue weighted by atomic mass is 9.95. The molecule has 0 bridgehead atoms. The smallest absolute Gasteiger partial charge is 0.320 e. The number of hydrogen-bond acceptors (Lipinski definition) is 6. The topological polar surface area (TPSA) is 128 Å². The van der Waals surface area contributed by atoms with E-state index in [1.54, 1.807) is 0 Å². The number of aliphatic carboxylic acids is 1. The van der Waals surface area contributed by atoms with Crippen LogP contribution < -0.4 is 11.5 Å². The van der Waals surface area contributed by atoms with Crippen LogP contribution in [0.4, 0.5) is 5.95 Å². The second-order valence-corrected chi connectivity index (χ2v) is 7.99. The molecule has 0 saturated carbocycles. The average molecular weight is 428 g/mol. The lowest BCUT2D eigenvalue weighted by molar-refractivity contribution is -0.138. The first-order valence-electron chi connectivity index (χ1n) is 10.5. The molecule has 1 heterocycles. The molecule has 0 radical (unpaired) electrons. The molecular weight excluding hydrogens is 402 g/mol. The number of carbonyl (C=O) groups is 1. The second-order valence-electron chi connectivity index (χ2n) is 7.99. The van der Waals surface area contributed by atoms with Crippen LogP contribution in [0.1, 0.15) is 29.8 Å². The van der Waals surface area contributed by atoms with Crippen molar-refractivity contribution in [2.24, 2.45) is 5.73 Å². The Labute approximate surface area is 186 Å². The molecule has 162 valence electrons. The summed E-state index contributed by atoms with van der Waals surface area (Å²) in [4.78, 5) is 24.2. The van der Waals surface area contributed by atoms with Gasteiger partial charge < -0.3 is 16.6 Å². The van der Waals surface area contributed by atoms with Gasteiger partial charge in [0.2, 0.25) is 5.95 Å². The highest BCUT2D eigenvalue weighted by Crippen LogP contribution is 2.25. The molecule has 0 unspecified atom stereocenters. The third-order valence-electron chi connectivity index (χ3n) is 5.52. The fraction of sp³-hybridized carbons (Fsp3) is 0.200. The van der Waals surface area contributed by atoms with Gasteiger partial charge in [-0.1, -0.05) is 73.7 Å². The number of benzene rings is 3. The van der Waals surface area contributed by atoms with Crippen molar-refractivity contribution in [3.05, 3.63) is 83.7 Å². The Morgan fingerprint density at radius 2 is 1.66 bits per heavy atom. The maximum atomic E-state index is 11.0. The molecule has 7 nitrogen and oxygen atoms in total. The third kappa shape index (κ3) is 4.90. The Morgan fingerprint density at radius 1 is 0.938 bits per heavy atom. The Kier molecular flexibility index (Phi) is 6.09. The number of fused-ring (bicyclic) bond motifs is 1. The van der Waals surface area contributed by atoms with E-state index in [2.05, 4.69) is 52.2 Å². The van der Waals surface area contributed by atoms with Crippen molar-refractivity contribution >= 4 is 22.7 Å². The van der Waals surface area contributed by atoms with E-state index in [0.29, 0.717) is 18.1 Å². The molecular formula is C25H25N5O2. The number of rotatable bonds is 7. The van der Waals surface area contributed by atoms with Crippen LogP contribution in [0.25, 0.3) is 22.2 Å². The van der Waals surface area contributed by atoms with Crippen LogP contribution in [-0.2, 0) is 17.6 Å². The Hall–Kier alpha value is -3.84. The molecule has 0 aliphatic heterocycles. The molecule has 2 atom stereocenters. The summed E-state index contributed by atoms with van der Waals surface area (Å²) in [5, 5.41) is 11.4. The number of carboxylic acids is 1. The van der Waals surface area contributed by atoms with Gasteiger partial charge in [0.05, 0.1) is 0 Å². The Bertz CT molecular complexity index is 1260. The van der Waals surface area contributed by atoms with Crippen LogP contribution in [0.5, 0.6) is 0 Å². The average Bonchev–Trinajstić information content (AvgIpc) is 2.78. The minimum Gasteiger partial charge on any atom is -0.480 e. The van der Waals surface area contributed by atoms with Gasteiger partial charge in [-0.3, -0.25) is 4.79 Å². The normalized spacial score (nSPS) is 13.1. The van der Waals surface area contributed by atoms with Crippen LogP contribution in [0.3, 0.4) is 0 Å². The first kappa shape index (κ1) is 21.4. The highest BCUT2D eigenvalue weighted by Gasteiger charge is 2.14. The largest absolute Gasteiger partial charge is 0.480 e. The molecule has 7 heteroatoms. The van der Waals surface area contributed by atoms with Gasteiger partial charge in [-0.25, -0.2) is 4.98 Å². The van der Waals surface area contributed by atoms with E-state index < -0.39 is 12.0 Å². The molecule has 0 spiro atoms. The van der Waals surface area contributed by atoms with Gasteiger partial charge in [0, 0.05) is 12.0 Å². The number of anilines is 1. The lowest BCUT2D eigenvalue weighted by Gasteiger charge is -2.13. The lowest BCUT2D eigenvalue weighted by Crippen LogP contribution is -2.32. The van der Waals surface area contributed by atoms with Crippen molar-refractivity contribution in [1.29, 1.82) is 0 Å². The van der Waals surface area contributed by atoms with Gasteiger partial charge in [0.15, 0.2) is 5.82 Å². The summed E-state index contributed by atoms with van der Waals surface area (Å²) in [5.41, 5.74) is 14.4. The molecule has 0 aliphatic rings. The molecule has 4 aromatic rings. The van der Waals surface area contributed by atoms with Gasteiger partial charge in [-0.05, 0) is 34.2 Å². The molecule has 4 rings (SSSR count). The highest BCUT2D eigenvalue weighted by atomic mass is 16.4. The van der Waals surface area contributed by atoms with Crippen molar-refractivity contribution in [3.63, 3.8) is 0 Å². The molecule has 3 aromatic carbocycles. The summed E-state index contributed by atoms with van der Waals surface area (Å²) < 4.78 is 0. The molecule has 1 aromatic heterocycles. The molecule has 0 saturated heterocycles. The summed E-state index contributed by atoms with van der Waals surface area (Å²) in [6.07, 6.45) is 0.882. The first-order valence-corrected chi connectivity index (χ1v) is 10.5. The van der Waals surface area contributed by atoms with E-state index in [4.69, 9.17) is 16.6 Å². The number of carboxylic acid groups (broad SMARTS) is 1. The van der Waals surface area contributed by atoms with Crippen LogP contribution in [-0.4, -0.2) is 32.1 Å². The maximum Gasteiger partial charge on any atom is 0.320 e. The summed E-state index contributed by atoms with van der Waals surface area (Å²) in [6, 6.07) is 21.2. The van der Waals surface area contributed by atoms with Crippen molar-refractivity contribution in [1.82, 2.24) is 15.0 Å². The van der Waals surface area contributed by atoms with E-state index in [1.165, 1.54) is 16.3 Å². The van der Waals surface area contributed by atoms with Crippen LogP contribution in [0, 0.1) is 0 Å². The van der Waals surface area contributed by atoms with Gasteiger partial charge in [0.25, 0.3) is 0 Å². The number of hydrogen-bond donors (Lipinski definition) is 3. The zero-order valence-electron chi connectivity index (χ0n) is 17.8. The zero-order valence-corrected chi connectivity index (χ0v) is 17.8. The first-order chi connectivity index (χ1) is 15.4. The molecule has 32 heavy (non-hydrogen) atoms. The van der Waals surface area contributed by atoms with Crippen LogP contribution in [0.15, 0.2) is 66.7 Å². The number of nitrogens with two attached hydrogens (primary N) is 2. The van der Waals surface area contributed by atoms with E-state index in [9.17, 15) is 4.79 Å². The predicted octanol–water partition coefficient (Wildman–Crippen LogP) is 3.57. The van der Waals surface area contributed by atoms with E-state index in [-0.39, 0.29) is 18.3 Å². The Balaban J connectivity index is 1.53. The van der Waals surface area contributed by atoms with Gasteiger partial charge in [-0.2, -0.15) is 9.97 Å².